The molecule has 1 aromatic rings. The van der Waals surface area contributed by atoms with E-state index in [0.717, 1.165) is 32.8 Å². The summed E-state index contributed by atoms with van der Waals surface area (Å²) in [7, 11) is 2.14. The molecule has 0 spiro atoms. The van der Waals surface area contributed by atoms with Gasteiger partial charge in [0, 0.05) is 31.2 Å². The molecule has 0 amide bonds. The number of hydrogen-bond acceptors (Lipinski definition) is 4. The van der Waals surface area contributed by atoms with Crippen molar-refractivity contribution in [2.24, 2.45) is 0 Å². The maximum absolute atomic E-state index is 12.2. The molecule has 2 rings (SSSR count). The molecule has 1 aromatic heterocycles. The Kier molecular flexibility index (Phi) is 4.99. The van der Waals surface area contributed by atoms with Crippen molar-refractivity contribution in [3.05, 3.63) is 19.2 Å². The number of nitrogens with zero attached hydrogens (tertiary/aromatic N) is 2. The van der Waals surface area contributed by atoms with Crippen molar-refractivity contribution in [2.45, 2.75) is 13.0 Å². The molecule has 0 saturated carbocycles. The van der Waals surface area contributed by atoms with Crippen molar-refractivity contribution < 1.29 is 4.79 Å². The monoisotopic (exact) mass is 394 g/mol. The average molecular weight is 396 g/mol. The Hall–Kier alpha value is 0.250. The van der Waals surface area contributed by atoms with Crippen LogP contribution in [0, 0.1) is 0 Å². The number of thiophene rings is 1. The van der Waals surface area contributed by atoms with Gasteiger partial charge >= 0.3 is 0 Å². The predicted octanol–water partition coefficient (Wildman–Crippen LogP) is 3.09. The van der Waals surface area contributed by atoms with Crippen LogP contribution in [0.2, 0.25) is 0 Å². The second kappa shape index (κ2) is 6.13. The number of rotatable bonds is 3. The maximum atomic E-state index is 12.2. The predicted molar refractivity (Wildman–Crippen MR) is 82.6 cm³/mol. The number of carbonyl (C=O) groups is 1. The molecule has 2 heterocycles. The smallest absolute Gasteiger partial charge is 0.178 e. The van der Waals surface area contributed by atoms with Crippen molar-refractivity contribution in [1.82, 2.24) is 9.80 Å². The third-order valence-corrected chi connectivity index (χ3v) is 5.71. The summed E-state index contributed by atoms with van der Waals surface area (Å²) in [5.41, 5.74) is 0.790. The fourth-order valence-electron chi connectivity index (χ4n) is 2.09. The van der Waals surface area contributed by atoms with E-state index in [4.69, 9.17) is 0 Å². The molecule has 0 N–H and O–H groups in total. The number of carbonyl (C=O) groups excluding carboxylic acids is 1. The van der Waals surface area contributed by atoms with Gasteiger partial charge in [-0.2, -0.15) is 0 Å². The average Bonchev–Trinajstić information content (AvgIpc) is 2.63. The van der Waals surface area contributed by atoms with E-state index >= 15 is 0 Å². The van der Waals surface area contributed by atoms with Crippen LogP contribution in [0.25, 0.3) is 0 Å². The third-order valence-electron chi connectivity index (χ3n) is 3.37. The molecule has 1 fully saturated rings. The standard InChI is InChI=1S/C12H16Br2N2OS/c1-8-6-16(4-3-15(8)2)7-10(17)9-5-11(13)18-12(9)14/h5,8H,3-4,6-7H2,1-2H3. The fourth-order valence-corrected chi connectivity index (χ4v) is 4.94. The summed E-state index contributed by atoms with van der Waals surface area (Å²) in [5.74, 6) is 0.195. The van der Waals surface area contributed by atoms with Crippen molar-refractivity contribution in [3.63, 3.8) is 0 Å². The molecule has 0 aromatic carbocycles. The Labute approximate surface area is 128 Å². The van der Waals surface area contributed by atoms with Crippen LogP contribution in [-0.4, -0.2) is 54.9 Å². The molecule has 0 radical (unpaired) electrons. The molecule has 0 bridgehead atoms. The van der Waals surface area contributed by atoms with E-state index in [1.807, 2.05) is 6.07 Å². The first-order chi connectivity index (χ1) is 8.47. The fraction of sp³-hybridized carbons (Fsp3) is 0.583. The van der Waals surface area contributed by atoms with Crippen molar-refractivity contribution in [3.8, 4) is 0 Å². The van der Waals surface area contributed by atoms with E-state index in [0.29, 0.717) is 12.6 Å². The Bertz CT molecular complexity index is 449. The summed E-state index contributed by atoms with van der Waals surface area (Å²) in [5, 5.41) is 0. The Morgan fingerprint density at radius 2 is 2.22 bits per heavy atom. The highest BCUT2D eigenvalue weighted by Gasteiger charge is 2.23. The maximum Gasteiger partial charge on any atom is 0.178 e. The minimum absolute atomic E-state index is 0.195. The minimum Gasteiger partial charge on any atom is -0.301 e. The van der Waals surface area contributed by atoms with Crippen LogP contribution in [0.15, 0.2) is 13.6 Å². The number of halogens is 2. The minimum atomic E-state index is 0.195. The lowest BCUT2D eigenvalue weighted by atomic mass is 10.1. The Balaban J connectivity index is 1.98. The van der Waals surface area contributed by atoms with E-state index in [1.165, 1.54) is 0 Å². The highest BCUT2D eigenvalue weighted by atomic mass is 79.9. The van der Waals surface area contributed by atoms with Gasteiger partial charge in [0.25, 0.3) is 0 Å². The molecule has 18 heavy (non-hydrogen) atoms. The van der Waals surface area contributed by atoms with E-state index < -0.39 is 0 Å². The van der Waals surface area contributed by atoms with Crippen molar-refractivity contribution in [2.75, 3.05) is 33.2 Å². The van der Waals surface area contributed by atoms with Crippen LogP contribution in [-0.2, 0) is 0 Å². The lowest BCUT2D eigenvalue weighted by Crippen LogP contribution is -2.51. The van der Waals surface area contributed by atoms with Crippen molar-refractivity contribution >= 4 is 49.0 Å². The van der Waals surface area contributed by atoms with Crippen LogP contribution in [0.5, 0.6) is 0 Å². The largest absolute Gasteiger partial charge is 0.301 e. The quantitative estimate of drug-likeness (QED) is 0.734. The summed E-state index contributed by atoms with van der Waals surface area (Å²) in [6.45, 7) is 5.68. The van der Waals surface area contributed by atoms with Gasteiger partial charge in [-0.05, 0) is 51.9 Å². The van der Waals surface area contributed by atoms with Gasteiger partial charge in [-0.25, -0.2) is 0 Å². The van der Waals surface area contributed by atoms with E-state index in [1.54, 1.807) is 11.3 Å². The zero-order valence-corrected chi connectivity index (χ0v) is 14.4. The summed E-state index contributed by atoms with van der Waals surface area (Å²) in [4.78, 5) is 16.8. The van der Waals surface area contributed by atoms with Gasteiger partial charge in [-0.15, -0.1) is 11.3 Å². The number of ketones is 1. The van der Waals surface area contributed by atoms with Gasteiger partial charge < -0.3 is 4.90 Å². The number of hydrogen-bond donors (Lipinski definition) is 0. The van der Waals surface area contributed by atoms with E-state index in [-0.39, 0.29) is 5.78 Å². The highest BCUT2D eigenvalue weighted by molar-refractivity contribution is 9.12. The highest BCUT2D eigenvalue weighted by Crippen LogP contribution is 2.32. The Morgan fingerprint density at radius 1 is 1.50 bits per heavy atom. The van der Waals surface area contributed by atoms with Crippen LogP contribution in [0.3, 0.4) is 0 Å². The summed E-state index contributed by atoms with van der Waals surface area (Å²) < 4.78 is 1.91. The lowest BCUT2D eigenvalue weighted by molar-refractivity contribution is 0.0785. The molecule has 6 heteroatoms. The first kappa shape index (κ1) is 14.7. The van der Waals surface area contributed by atoms with Crippen LogP contribution >= 0.6 is 43.2 Å². The van der Waals surface area contributed by atoms with Gasteiger partial charge in [0.2, 0.25) is 0 Å². The first-order valence-corrected chi connectivity index (χ1v) is 8.28. The molecule has 3 nitrogen and oxygen atoms in total. The van der Waals surface area contributed by atoms with Gasteiger partial charge in [-0.1, -0.05) is 0 Å². The molecular formula is C12H16Br2N2OS. The van der Waals surface area contributed by atoms with Gasteiger partial charge in [0.1, 0.15) is 0 Å². The molecule has 100 valence electrons. The second-order valence-electron chi connectivity index (χ2n) is 4.73. The number of piperazine rings is 1. The molecule has 1 atom stereocenters. The lowest BCUT2D eigenvalue weighted by Gasteiger charge is -2.37. The van der Waals surface area contributed by atoms with E-state index in [2.05, 4.69) is 55.6 Å². The van der Waals surface area contributed by atoms with Gasteiger partial charge in [0.05, 0.1) is 14.1 Å². The second-order valence-corrected chi connectivity index (χ2v) is 8.48. The molecule has 1 saturated heterocycles. The summed E-state index contributed by atoms with van der Waals surface area (Å²) in [6.07, 6.45) is 0. The third kappa shape index (κ3) is 3.42. The molecule has 1 unspecified atom stereocenters. The Morgan fingerprint density at radius 3 is 2.78 bits per heavy atom. The zero-order valence-electron chi connectivity index (χ0n) is 10.4. The SMILES string of the molecule is CC1CN(CC(=O)c2cc(Br)sc2Br)CCN1C. The van der Waals surface area contributed by atoms with Crippen molar-refractivity contribution in [1.29, 1.82) is 0 Å². The topological polar surface area (TPSA) is 23.6 Å². The van der Waals surface area contributed by atoms with Crippen LogP contribution in [0.4, 0.5) is 0 Å². The van der Waals surface area contributed by atoms with Gasteiger partial charge in [-0.3, -0.25) is 9.69 Å². The number of likely N-dealkylation sites (N-methyl/N-ethyl adjacent to an activating group) is 1. The normalized spacial score (nSPS) is 22.3. The van der Waals surface area contributed by atoms with Crippen LogP contribution in [0.1, 0.15) is 17.3 Å². The molecule has 1 aliphatic heterocycles. The van der Waals surface area contributed by atoms with E-state index in [9.17, 15) is 4.79 Å². The molecule has 0 aliphatic carbocycles. The molecular weight excluding hydrogens is 380 g/mol. The summed E-state index contributed by atoms with van der Waals surface area (Å²) in [6, 6.07) is 2.42. The number of Topliss-reactive ketones (excluding diaryl/α,β-unsaturated/α-hetero) is 1. The van der Waals surface area contributed by atoms with Gasteiger partial charge in [0.15, 0.2) is 5.78 Å². The van der Waals surface area contributed by atoms with Crippen LogP contribution < -0.4 is 0 Å². The zero-order chi connectivity index (χ0) is 13.3. The summed E-state index contributed by atoms with van der Waals surface area (Å²) >= 11 is 8.40. The molecule has 1 aliphatic rings. The first-order valence-electron chi connectivity index (χ1n) is 5.88.